The summed E-state index contributed by atoms with van der Waals surface area (Å²) < 4.78 is 22.4. The number of fused-ring (bicyclic) bond motifs is 3. The van der Waals surface area contributed by atoms with Crippen LogP contribution in [0.1, 0.15) is 36.8 Å². The van der Waals surface area contributed by atoms with E-state index in [-0.39, 0.29) is 23.9 Å². The van der Waals surface area contributed by atoms with Crippen LogP contribution in [0.3, 0.4) is 0 Å². The molecule has 0 aromatic heterocycles. The second-order valence-corrected chi connectivity index (χ2v) is 8.14. The minimum atomic E-state index is -0.229. The van der Waals surface area contributed by atoms with Crippen LogP contribution in [-0.4, -0.2) is 40.2 Å². The van der Waals surface area contributed by atoms with Gasteiger partial charge in [0.25, 0.3) is 0 Å². The maximum Gasteiger partial charge on any atom is 0.305 e. The third-order valence-corrected chi connectivity index (χ3v) is 6.23. The SMILES string of the molecule is CCCC(=O)OC[C@H]1Cc2cc(OC)c(OC)c(OC)c2-c2ccc(SC)c(=O)cc21. The first-order chi connectivity index (χ1) is 15.0. The largest absolute Gasteiger partial charge is 0.493 e. The Hall–Kier alpha value is -2.67. The number of methoxy groups -OCH3 is 3. The molecule has 2 aromatic rings. The van der Waals surface area contributed by atoms with Crippen LogP contribution in [-0.2, 0) is 16.0 Å². The fraction of sp³-hybridized carbons (Fsp3) is 0.417. The smallest absolute Gasteiger partial charge is 0.305 e. The molecule has 0 unspecified atom stereocenters. The number of hydrogen-bond donors (Lipinski definition) is 0. The zero-order chi connectivity index (χ0) is 22.5. The second kappa shape index (κ2) is 10.1. The van der Waals surface area contributed by atoms with E-state index in [0.29, 0.717) is 35.0 Å². The molecule has 31 heavy (non-hydrogen) atoms. The molecule has 0 fully saturated rings. The highest BCUT2D eigenvalue weighted by Gasteiger charge is 2.31. The molecule has 0 saturated heterocycles. The van der Waals surface area contributed by atoms with Crippen LogP contribution in [0.2, 0.25) is 0 Å². The molecule has 0 heterocycles. The van der Waals surface area contributed by atoms with Gasteiger partial charge < -0.3 is 18.9 Å². The Labute approximate surface area is 186 Å². The van der Waals surface area contributed by atoms with E-state index >= 15 is 0 Å². The average molecular weight is 445 g/mol. The quantitative estimate of drug-likeness (QED) is 0.440. The summed E-state index contributed by atoms with van der Waals surface area (Å²) in [5.41, 5.74) is 3.51. The Bertz CT molecular complexity index is 1030. The van der Waals surface area contributed by atoms with Crippen molar-refractivity contribution in [3.05, 3.63) is 45.6 Å². The second-order valence-electron chi connectivity index (χ2n) is 7.29. The molecule has 0 saturated carbocycles. The molecule has 0 amide bonds. The summed E-state index contributed by atoms with van der Waals surface area (Å²) in [5.74, 6) is 1.25. The van der Waals surface area contributed by atoms with Crippen molar-refractivity contribution in [2.75, 3.05) is 34.2 Å². The monoisotopic (exact) mass is 444 g/mol. The Morgan fingerprint density at radius 1 is 1.10 bits per heavy atom. The predicted octanol–water partition coefficient (Wildman–Crippen LogP) is 4.44. The van der Waals surface area contributed by atoms with E-state index in [0.717, 1.165) is 28.7 Å². The fourth-order valence-corrected chi connectivity index (χ4v) is 4.48. The number of carbonyl (C=O) groups excluding carboxylic acids is 1. The number of thioether (sulfide) groups is 1. The first-order valence-corrected chi connectivity index (χ1v) is 11.4. The van der Waals surface area contributed by atoms with Crippen LogP contribution in [0.5, 0.6) is 17.2 Å². The third kappa shape index (κ3) is 4.51. The van der Waals surface area contributed by atoms with Gasteiger partial charge in [0.15, 0.2) is 16.9 Å². The van der Waals surface area contributed by atoms with Crippen molar-refractivity contribution < 1.29 is 23.7 Å². The molecule has 6 nitrogen and oxygen atoms in total. The van der Waals surface area contributed by atoms with Crippen LogP contribution >= 0.6 is 11.8 Å². The zero-order valence-electron chi connectivity index (χ0n) is 18.6. The molecule has 0 aliphatic heterocycles. The lowest BCUT2D eigenvalue weighted by atomic mass is 9.79. The lowest BCUT2D eigenvalue weighted by molar-refractivity contribution is -0.144. The fourth-order valence-electron chi connectivity index (χ4n) is 4.02. The Morgan fingerprint density at radius 2 is 1.84 bits per heavy atom. The van der Waals surface area contributed by atoms with Gasteiger partial charge in [0.05, 0.1) is 32.8 Å². The summed E-state index contributed by atoms with van der Waals surface area (Å²) in [6.07, 6.45) is 3.56. The summed E-state index contributed by atoms with van der Waals surface area (Å²) in [6.45, 7) is 2.15. The maximum atomic E-state index is 12.8. The van der Waals surface area contributed by atoms with E-state index in [9.17, 15) is 9.59 Å². The van der Waals surface area contributed by atoms with Gasteiger partial charge in [0, 0.05) is 17.9 Å². The molecular weight excluding hydrogens is 416 g/mol. The molecule has 3 rings (SSSR count). The van der Waals surface area contributed by atoms with Gasteiger partial charge in [-0.05, 0) is 54.0 Å². The van der Waals surface area contributed by atoms with Gasteiger partial charge >= 0.3 is 5.97 Å². The number of benzene rings is 1. The van der Waals surface area contributed by atoms with E-state index in [1.165, 1.54) is 11.8 Å². The summed E-state index contributed by atoms with van der Waals surface area (Å²) >= 11 is 1.40. The molecular formula is C24H28O6S. The van der Waals surface area contributed by atoms with Gasteiger partial charge in [0.1, 0.15) is 0 Å². The van der Waals surface area contributed by atoms with Crippen LogP contribution in [0.15, 0.2) is 34.0 Å². The molecule has 0 radical (unpaired) electrons. The molecule has 0 bridgehead atoms. The molecule has 166 valence electrons. The van der Waals surface area contributed by atoms with Gasteiger partial charge in [-0.25, -0.2) is 0 Å². The number of esters is 1. The summed E-state index contributed by atoms with van der Waals surface area (Å²) in [4.78, 5) is 25.5. The standard InChI is InChI=1S/C24H28O6S/c1-6-7-21(26)30-13-15-10-14-11-19(27-2)23(28-3)24(29-4)22(14)16-8-9-20(31-5)18(25)12-17(15)16/h8-9,11-12,15H,6-7,10,13H2,1-5H3/t15-/m1/s1. The number of rotatable bonds is 8. The van der Waals surface area contributed by atoms with Crippen molar-refractivity contribution in [3.63, 3.8) is 0 Å². The number of carbonyl (C=O) groups is 1. The van der Waals surface area contributed by atoms with Crippen molar-refractivity contribution in [1.82, 2.24) is 0 Å². The Kier molecular flexibility index (Phi) is 7.49. The predicted molar refractivity (Wildman–Crippen MR) is 122 cm³/mol. The van der Waals surface area contributed by atoms with Gasteiger partial charge in [-0.15, -0.1) is 11.8 Å². The van der Waals surface area contributed by atoms with E-state index in [1.807, 2.05) is 31.4 Å². The minimum Gasteiger partial charge on any atom is -0.493 e. The van der Waals surface area contributed by atoms with Gasteiger partial charge in [0.2, 0.25) is 5.75 Å². The molecule has 0 N–H and O–H groups in total. The molecule has 7 heteroatoms. The average Bonchev–Trinajstić information content (AvgIpc) is 2.94. The highest BCUT2D eigenvalue weighted by Crippen LogP contribution is 2.51. The lowest BCUT2D eigenvalue weighted by Gasteiger charge is -2.29. The highest BCUT2D eigenvalue weighted by molar-refractivity contribution is 7.98. The summed E-state index contributed by atoms with van der Waals surface area (Å²) in [5, 5.41) is 0. The zero-order valence-corrected chi connectivity index (χ0v) is 19.4. The molecule has 1 atom stereocenters. The van der Waals surface area contributed by atoms with Crippen LogP contribution in [0.25, 0.3) is 11.1 Å². The van der Waals surface area contributed by atoms with Crippen molar-refractivity contribution >= 4 is 17.7 Å². The van der Waals surface area contributed by atoms with E-state index in [4.69, 9.17) is 18.9 Å². The van der Waals surface area contributed by atoms with E-state index < -0.39 is 0 Å². The molecule has 1 aliphatic rings. The van der Waals surface area contributed by atoms with Crippen molar-refractivity contribution in [2.24, 2.45) is 0 Å². The van der Waals surface area contributed by atoms with E-state index in [2.05, 4.69) is 0 Å². The number of hydrogen-bond acceptors (Lipinski definition) is 7. The topological polar surface area (TPSA) is 71.1 Å². The molecule has 2 aromatic carbocycles. The lowest BCUT2D eigenvalue weighted by Crippen LogP contribution is -2.20. The number of ether oxygens (including phenoxy) is 4. The van der Waals surface area contributed by atoms with Crippen LogP contribution < -0.4 is 19.6 Å². The first kappa shape index (κ1) is 23.0. The molecule has 0 spiro atoms. The first-order valence-electron chi connectivity index (χ1n) is 10.2. The summed E-state index contributed by atoms with van der Waals surface area (Å²) in [6, 6.07) is 7.37. The van der Waals surface area contributed by atoms with Gasteiger partial charge in [-0.3, -0.25) is 9.59 Å². The summed E-state index contributed by atoms with van der Waals surface area (Å²) in [7, 11) is 4.74. The van der Waals surface area contributed by atoms with E-state index in [1.54, 1.807) is 27.4 Å². The maximum absolute atomic E-state index is 12.8. The molecule has 1 aliphatic carbocycles. The highest BCUT2D eigenvalue weighted by atomic mass is 32.2. The van der Waals surface area contributed by atoms with Crippen molar-refractivity contribution in [2.45, 2.75) is 37.0 Å². The minimum absolute atomic E-state index is 0.0541. The Balaban J connectivity index is 2.23. The third-order valence-electron chi connectivity index (χ3n) is 5.45. The Morgan fingerprint density at radius 3 is 2.45 bits per heavy atom. The van der Waals surface area contributed by atoms with Crippen molar-refractivity contribution in [1.29, 1.82) is 0 Å². The normalized spacial score (nSPS) is 14.3. The van der Waals surface area contributed by atoms with Crippen LogP contribution in [0, 0.1) is 0 Å². The van der Waals surface area contributed by atoms with Crippen molar-refractivity contribution in [3.8, 4) is 28.4 Å². The van der Waals surface area contributed by atoms with Crippen LogP contribution in [0.4, 0.5) is 0 Å². The van der Waals surface area contributed by atoms with Gasteiger partial charge in [-0.1, -0.05) is 13.0 Å². The van der Waals surface area contributed by atoms with Gasteiger partial charge in [-0.2, -0.15) is 0 Å².